The van der Waals surface area contributed by atoms with Crippen LogP contribution in [-0.4, -0.2) is 31.7 Å². The summed E-state index contributed by atoms with van der Waals surface area (Å²) in [6.07, 6.45) is -0.161. The van der Waals surface area contributed by atoms with Crippen LogP contribution in [0, 0.1) is 16.0 Å². The molecule has 0 saturated heterocycles. The largest absolute Gasteiger partial charge is 0.312 e. The molecule has 9 nitrogen and oxygen atoms in total. The third-order valence-corrected chi connectivity index (χ3v) is 7.68. The van der Waals surface area contributed by atoms with Crippen LogP contribution >= 0.6 is 0 Å². The van der Waals surface area contributed by atoms with Crippen LogP contribution in [0.1, 0.15) is 12.5 Å². The molecule has 0 aromatic heterocycles. The molecule has 40 heavy (non-hydrogen) atoms. The van der Waals surface area contributed by atoms with Crippen molar-refractivity contribution < 1.29 is 22.9 Å². The molecule has 10 heteroatoms. The molecule has 1 unspecified atom stereocenters. The normalized spacial score (nSPS) is 11.8. The van der Waals surface area contributed by atoms with Crippen molar-refractivity contribution in [3.63, 3.8) is 0 Å². The number of para-hydroxylation sites is 1. The van der Waals surface area contributed by atoms with E-state index < -0.39 is 32.7 Å². The molecule has 0 fully saturated rings. The van der Waals surface area contributed by atoms with E-state index in [0.717, 1.165) is 5.56 Å². The number of sulfonamides is 1. The zero-order valence-electron chi connectivity index (χ0n) is 21.6. The summed E-state index contributed by atoms with van der Waals surface area (Å²) in [5.74, 6) is -3.02. The number of hydrogen-bond donors (Lipinski definition) is 1. The molecule has 4 rings (SSSR count). The maximum Gasteiger partial charge on any atom is 0.269 e. The third kappa shape index (κ3) is 6.59. The number of hydrogen-bond acceptors (Lipinski definition) is 6. The second-order valence-corrected chi connectivity index (χ2v) is 10.6. The first-order chi connectivity index (χ1) is 19.2. The summed E-state index contributed by atoms with van der Waals surface area (Å²) >= 11 is 0. The van der Waals surface area contributed by atoms with Crippen molar-refractivity contribution in [1.29, 1.82) is 0 Å². The molecule has 1 atom stereocenters. The van der Waals surface area contributed by atoms with Gasteiger partial charge in [-0.1, -0.05) is 72.8 Å². The summed E-state index contributed by atoms with van der Waals surface area (Å²) in [4.78, 5) is 39.0. The van der Waals surface area contributed by atoms with Crippen LogP contribution in [0.25, 0.3) is 11.1 Å². The zero-order valence-corrected chi connectivity index (χ0v) is 22.5. The Morgan fingerprint density at radius 3 is 2.05 bits per heavy atom. The molecule has 4 aromatic rings. The second-order valence-electron chi connectivity index (χ2n) is 8.96. The van der Waals surface area contributed by atoms with Crippen molar-refractivity contribution in [2.75, 3.05) is 11.4 Å². The zero-order chi connectivity index (χ0) is 28.7. The van der Waals surface area contributed by atoms with Crippen molar-refractivity contribution in [2.24, 2.45) is 5.92 Å². The number of nitro groups is 1. The molecular weight excluding hydrogens is 530 g/mol. The van der Waals surface area contributed by atoms with E-state index in [1.54, 1.807) is 49.4 Å². The lowest BCUT2D eigenvalue weighted by Gasteiger charge is -2.26. The van der Waals surface area contributed by atoms with Crippen LogP contribution in [0.4, 0.5) is 11.4 Å². The first-order valence-electron chi connectivity index (χ1n) is 12.5. The van der Waals surface area contributed by atoms with E-state index >= 15 is 0 Å². The smallest absolute Gasteiger partial charge is 0.269 e. The molecule has 0 spiro atoms. The Morgan fingerprint density at radius 1 is 0.850 bits per heavy atom. The molecule has 2 amide bonds. The van der Waals surface area contributed by atoms with E-state index in [2.05, 4.69) is 4.72 Å². The van der Waals surface area contributed by atoms with Gasteiger partial charge in [-0.25, -0.2) is 13.1 Å². The lowest BCUT2D eigenvalue weighted by atomic mass is 9.96. The predicted octanol–water partition coefficient (Wildman–Crippen LogP) is 4.98. The van der Waals surface area contributed by atoms with E-state index in [1.165, 1.54) is 41.3 Å². The average molecular weight is 558 g/mol. The quantitative estimate of drug-likeness (QED) is 0.167. The van der Waals surface area contributed by atoms with Gasteiger partial charge in [-0.15, -0.1) is 0 Å². The monoisotopic (exact) mass is 557 g/mol. The number of nitro benzene ring substituents is 1. The lowest BCUT2D eigenvalue weighted by Crippen LogP contribution is -2.46. The van der Waals surface area contributed by atoms with Gasteiger partial charge >= 0.3 is 0 Å². The summed E-state index contributed by atoms with van der Waals surface area (Å²) in [6.45, 7) is 1.98. The summed E-state index contributed by atoms with van der Waals surface area (Å²) < 4.78 is 28.7. The molecule has 0 bridgehead atoms. The van der Waals surface area contributed by atoms with Gasteiger partial charge < -0.3 is 4.90 Å². The van der Waals surface area contributed by atoms with Gasteiger partial charge in [0.15, 0.2) is 0 Å². The van der Waals surface area contributed by atoms with E-state index in [-0.39, 0.29) is 23.5 Å². The lowest BCUT2D eigenvalue weighted by molar-refractivity contribution is -0.384. The van der Waals surface area contributed by atoms with E-state index in [9.17, 15) is 28.1 Å². The minimum Gasteiger partial charge on any atom is -0.312 e. The molecule has 0 radical (unpaired) electrons. The van der Waals surface area contributed by atoms with Crippen LogP contribution in [-0.2, 0) is 26.0 Å². The highest BCUT2D eigenvalue weighted by Crippen LogP contribution is 2.24. The van der Waals surface area contributed by atoms with Crippen LogP contribution in [0.5, 0.6) is 0 Å². The van der Waals surface area contributed by atoms with Gasteiger partial charge in [-0.05, 0) is 54.3 Å². The molecular formula is C30H27N3O6S. The molecule has 204 valence electrons. The fraction of sp³-hybridized carbons (Fsp3) is 0.133. The third-order valence-electron chi connectivity index (χ3n) is 6.34. The number of carbonyl (C=O) groups excluding carboxylic acids is 2. The summed E-state index contributed by atoms with van der Waals surface area (Å²) in [5.41, 5.74) is 2.33. The fourth-order valence-electron chi connectivity index (χ4n) is 4.28. The first-order valence-corrected chi connectivity index (χ1v) is 14.0. The number of rotatable bonds is 10. The Kier molecular flexibility index (Phi) is 8.70. The van der Waals surface area contributed by atoms with E-state index in [4.69, 9.17) is 0 Å². The standard InChI is InChI=1S/C30H27N3O6S/c1-2-32(25-13-7-4-8-14-25)30(35)28(20-22-16-18-26(19-17-22)33(36)37)29(34)31-40(38,39)27-15-9-12-24(21-27)23-10-5-3-6-11-23/h3-19,21,28H,2,20H2,1H3,(H,31,34). The minimum atomic E-state index is -4.34. The van der Waals surface area contributed by atoms with Gasteiger partial charge in [0.2, 0.25) is 11.8 Å². The Hall–Kier alpha value is -4.83. The number of anilines is 1. The number of non-ortho nitro benzene ring substituents is 1. The SMILES string of the molecule is CCN(C(=O)C(Cc1ccc([N+](=O)[O-])cc1)C(=O)NS(=O)(=O)c1cccc(-c2ccccc2)c1)c1ccccc1. The van der Waals surface area contributed by atoms with E-state index in [0.29, 0.717) is 16.8 Å². The topological polar surface area (TPSA) is 127 Å². The molecule has 0 saturated carbocycles. The van der Waals surface area contributed by atoms with Crippen molar-refractivity contribution in [3.05, 3.63) is 125 Å². The van der Waals surface area contributed by atoms with Gasteiger partial charge in [0.05, 0.1) is 9.82 Å². The number of nitrogens with zero attached hydrogens (tertiary/aromatic N) is 2. The molecule has 0 heterocycles. The van der Waals surface area contributed by atoms with Gasteiger partial charge in [0, 0.05) is 24.4 Å². The highest BCUT2D eigenvalue weighted by Gasteiger charge is 2.34. The number of benzene rings is 4. The summed E-state index contributed by atoms with van der Waals surface area (Å²) in [7, 11) is -4.34. The highest BCUT2D eigenvalue weighted by molar-refractivity contribution is 7.90. The minimum absolute atomic E-state index is 0.126. The van der Waals surface area contributed by atoms with Crippen molar-refractivity contribution in [3.8, 4) is 11.1 Å². The van der Waals surface area contributed by atoms with Gasteiger partial charge in [-0.2, -0.15) is 0 Å². The first kappa shape index (κ1) is 28.2. The Labute approximate surface area is 232 Å². The van der Waals surface area contributed by atoms with Crippen LogP contribution in [0.3, 0.4) is 0 Å². The Balaban J connectivity index is 1.65. The van der Waals surface area contributed by atoms with Gasteiger partial charge in [0.1, 0.15) is 5.92 Å². The highest BCUT2D eigenvalue weighted by atomic mass is 32.2. The summed E-state index contributed by atoms with van der Waals surface area (Å²) in [5, 5.41) is 11.1. The molecule has 0 aliphatic carbocycles. The number of amides is 2. The van der Waals surface area contributed by atoms with Gasteiger partial charge in [-0.3, -0.25) is 19.7 Å². The Bertz CT molecular complexity index is 1610. The van der Waals surface area contributed by atoms with Gasteiger partial charge in [0.25, 0.3) is 15.7 Å². The van der Waals surface area contributed by atoms with Crippen LogP contribution in [0.2, 0.25) is 0 Å². The van der Waals surface area contributed by atoms with Crippen molar-refractivity contribution in [2.45, 2.75) is 18.2 Å². The number of carbonyl (C=O) groups is 2. The predicted molar refractivity (Wildman–Crippen MR) is 152 cm³/mol. The van der Waals surface area contributed by atoms with Crippen LogP contribution in [0.15, 0.2) is 114 Å². The maximum atomic E-state index is 13.7. The Morgan fingerprint density at radius 2 is 1.45 bits per heavy atom. The molecule has 4 aromatic carbocycles. The fourth-order valence-corrected chi connectivity index (χ4v) is 5.34. The van der Waals surface area contributed by atoms with Crippen molar-refractivity contribution >= 4 is 33.2 Å². The average Bonchev–Trinajstić information content (AvgIpc) is 2.97. The maximum absolute atomic E-state index is 13.7. The van der Waals surface area contributed by atoms with Crippen molar-refractivity contribution in [1.82, 2.24) is 4.72 Å². The number of nitrogens with one attached hydrogen (secondary N) is 1. The molecule has 1 N–H and O–H groups in total. The molecule has 0 aliphatic rings. The summed E-state index contributed by atoms with van der Waals surface area (Å²) in [6, 6.07) is 29.5. The van der Waals surface area contributed by atoms with E-state index in [1.807, 2.05) is 30.3 Å². The second kappa shape index (κ2) is 12.4. The molecule has 0 aliphatic heterocycles. The van der Waals surface area contributed by atoms with Crippen LogP contribution < -0.4 is 9.62 Å².